The number of carbonyl (C=O) groups is 3. The van der Waals surface area contributed by atoms with Crippen LogP contribution in [0.5, 0.6) is 0 Å². The second kappa shape index (κ2) is 10.3. The van der Waals surface area contributed by atoms with Crippen LogP contribution in [-0.4, -0.2) is 47.8 Å². The summed E-state index contributed by atoms with van der Waals surface area (Å²) in [5.41, 5.74) is 2.17. The molecule has 0 aliphatic carbocycles. The molecule has 32 heavy (non-hydrogen) atoms. The Morgan fingerprint density at radius 3 is 2.22 bits per heavy atom. The van der Waals surface area contributed by atoms with Crippen LogP contribution in [0.25, 0.3) is 0 Å². The molecule has 170 valence electrons. The van der Waals surface area contributed by atoms with Crippen molar-refractivity contribution in [2.45, 2.75) is 45.6 Å². The maximum absolute atomic E-state index is 12.7. The number of rotatable bonds is 6. The van der Waals surface area contributed by atoms with E-state index >= 15 is 0 Å². The molecule has 1 saturated heterocycles. The molecule has 0 spiro atoms. The monoisotopic (exact) mass is 436 g/mol. The van der Waals surface area contributed by atoms with E-state index in [9.17, 15) is 14.4 Å². The molecule has 1 heterocycles. The molecule has 2 aromatic rings. The van der Waals surface area contributed by atoms with Gasteiger partial charge in [-0.05, 0) is 82.5 Å². The van der Waals surface area contributed by atoms with Gasteiger partial charge in [-0.25, -0.2) is 0 Å². The van der Waals surface area contributed by atoms with E-state index in [4.69, 9.17) is 0 Å². The fourth-order valence-corrected chi connectivity index (χ4v) is 3.55. The van der Waals surface area contributed by atoms with Crippen LogP contribution in [0.2, 0.25) is 0 Å². The molecule has 1 aliphatic rings. The van der Waals surface area contributed by atoms with Gasteiger partial charge in [-0.1, -0.05) is 6.07 Å². The molecule has 3 N–H and O–H groups in total. The molecule has 2 aromatic carbocycles. The molecule has 1 aliphatic heterocycles. The van der Waals surface area contributed by atoms with E-state index < -0.39 is 0 Å². The van der Waals surface area contributed by atoms with E-state index in [1.165, 1.54) is 6.42 Å². The van der Waals surface area contributed by atoms with E-state index in [0.29, 0.717) is 16.8 Å². The first-order valence-corrected chi connectivity index (χ1v) is 11.1. The van der Waals surface area contributed by atoms with Gasteiger partial charge in [0.2, 0.25) is 5.91 Å². The predicted molar refractivity (Wildman–Crippen MR) is 127 cm³/mol. The molecule has 1 fully saturated rings. The molecular formula is C25H32N4O3. The Morgan fingerprint density at radius 1 is 0.875 bits per heavy atom. The molecular weight excluding hydrogens is 404 g/mol. The lowest BCUT2D eigenvalue weighted by molar-refractivity contribution is -0.114. The largest absolute Gasteiger partial charge is 0.376 e. The summed E-state index contributed by atoms with van der Waals surface area (Å²) in [7, 11) is 0. The third kappa shape index (κ3) is 6.83. The molecule has 0 unspecified atom stereocenters. The quantitative estimate of drug-likeness (QED) is 0.641. The Balaban J connectivity index is 1.51. The molecule has 0 radical (unpaired) electrons. The Morgan fingerprint density at radius 2 is 1.56 bits per heavy atom. The van der Waals surface area contributed by atoms with Crippen molar-refractivity contribution in [1.29, 1.82) is 0 Å². The number of benzene rings is 2. The summed E-state index contributed by atoms with van der Waals surface area (Å²) in [5, 5.41) is 8.79. The number of nitrogens with one attached hydrogen (secondary N) is 3. The van der Waals surface area contributed by atoms with Gasteiger partial charge >= 0.3 is 0 Å². The van der Waals surface area contributed by atoms with Crippen LogP contribution in [0.3, 0.4) is 0 Å². The zero-order valence-corrected chi connectivity index (χ0v) is 19.0. The Labute approximate surface area is 189 Å². The van der Waals surface area contributed by atoms with Gasteiger partial charge in [-0.3, -0.25) is 14.4 Å². The number of likely N-dealkylation sites (tertiary alicyclic amines) is 1. The average Bonchev–Trinajstić information content (AvgIpc) is 2.77. The smallest absolute Gasteiger partial charge is 0.253 e. The van der Waals surface area contributed by atoms with Gasteiger partial charge in [0, 0.05) is 41.1 Å². The fraction of sp³-hybridized carbons (Fsp3) is 0.400. The summed E-state index contributed by atoms with van der Waals surface area (Å²) in [5.74, 6) is -0.350. The van der Waals surface area contributed by atoms with E-state index in [0.717, 1.165) is 31.6 Å². The van der Waals surface area contributed by atoms with Gasteiger partial charge in [-0.2, -0.15) is 0 Å². The summed E-state index contributed by atoms with van der Waals surface area (Å²) < 4.78 is 0. The molecule has 0 atom stereocenters. The number of hydrogen-bond donors (Lipinski definition) is 3. The molecule has 7 nitrogen and oxygen atoms in total. The van der Waals surface area contributed by atoms with E-state index in [1.807, 2.05) is 25.7 Å². The Bertz CT molecular complexity index is 958. The third-order valence-corrected chi connectivity index (χ3v) is 5.13. The lowest BCUT2D eigenvalue weighted by atomic mass is 10.1. The van der Waals surface area contributed by atoms with Crippen molar-refractivity contribution in [2.75, 3.05) is 30.3 Å². The minimum atomic E-state index is -0.304. The molecule has 0 aromatic heterocycles. The van der Waals surface area contributed by atoms with Crippen LogP contribution in [0.15, 0.2) is 48.5 Å². The van der Waals surface area contributed by atoms with Gasteiger partial charge in [0.1, 0.15) is 0 Å². The standard InChI is InChI=1S/C25H32N4O3/c1-25(2,3)28-23(31)18-10-12-20(13-11-18)26-17-22(30)27-21-9-7-8-19(16-21)24(32)29-14-5-4-6-15-29/h7-13,16,26H,4-6,14-15,17H2,1-3H3,(H,27,30)(H,28,31). The number of amides is 3. The van der Waals surface area contributed by atoms with Crippen LogP contribution < -0.4 is 16.0 Å². The van der Waals surface area contributed by atoms with Crippen molar-refractivity contribution in [3.05, 3.63) is 59.7 Å². The highest BCUT2D eigenvalue weighted by atomic mass is 16.2. The molecule has 3 rings (SSSR count). The molecule has 0 bridgehead atoms. The number of carbonyl (C=O) groups excluding carboxylic acids is 3. The van der Waals surface area contributed by atoms with Crippen LogP contribution in [0.4, 0.5) is 11.4 Å². The van der Waals surface area contributed by atoms with Crippen molar-refractivity contribution in [3.8, 4) is 0 Å². The summed E-state index contributed by atoms with van der Waals surface area (Å²) in [6, 6.07) is 14.0. The van der Waals surface area contributed by atoms with Gasteiger partial charge in [-0.15, -0.1) is 0 Å². The zero-order valence-electron chi connectivity index (χ0n) is 19.0. The maximum Gasteiger partial charge on any atom is 0.253 e. The normalized spacial score (nSPS) is 13.9. The van der Waals surface area contributed by atoms with Gasteiger partial charge in [0.05, 0.1) is 6.54 Å². The van der Waals surface area contributed by atoms with Crippen LogP contribution in [-0.2, 0) is 4.79 Å². The first-order valence-electron chi connectivity index (χ1n) is 11.1. The SMILES string of the molecule is CC(C)(C)NC(=O)c1ccc(NCC(=O)Nc2cccc(C(=O)N3CCCCC3)c2)cc1. The van der Waals surface area contributed by atoms with Gasteiger partial charge in [0.15, 0.2) is 0 Å². The number of hydrogen-bond acceptors (Lipinski definition) is 4. The summed E-state index contributed by atoms with van der Waals surface area (Å²) in [6.45, 7) is 7.43. The van der Waals surface area contributed by atoms with Crippen molar-refractivity contribution in [3.63, 3.8) is 0 Å². The molecule has 0 saturated carbocycles. The minimum absolute atomic E-state index is 0.00881. The highest BCUT2D eigenvalue weighted by molar-refractivity contribution is 5.98. The second-order valence-electron chi connectivity index (χ2n) is 9.12. The number of anilines is 2. The lowest BCUT2D eigenvalue weighted by Crippen LogP contribution is -2.40. The minimum Gasteiger partial charge on any atom is -0.376 e. The number of nitrogens with zero attached hydrogens (tertiary/aromatic N) is 1. The second-order valence-corrected chi connectivity index (χ2v) is 9.12. The van der Waals surface area contributed by atoms with Gasteiger partial charge < -0.3 is 20.9 Å². The fourth-order valence-electron chi connectivity index (χ4n) is 3.55. The topological polar surface area (TPSA) is 90.5 Å². The van der Waals surface area contributed by atoms with Crippen molar-refractivity contribution in [2.24, 2.45) is 0 Å². The van der Waals surface area contributed by atoms with Crippen LogP contribution in [0.1, 0.15) is 60.7 Å². The van der Waals surface area contributed by atoms with Crippen LogP contribution >= 0.6 is 0 Å². The Hall–Kier alpha value is -3.35. The van der Waals surface area contributed by atoms with E-state index in [2.05, 4.69) is 16.0 Å². The van der Waals surface area contributed by atoms with E-state index in [-0.39, 0.29) is 29.8 Å². The number of piperidine rings is 1. The van der Waals surface area contributed by atoms with Crippen molar-refractivity contribution >= 4 is 29.1 Å². The van der Waals surface area contributed by atoms with Gasteiger partial charge in [0.25, 0.3) is 11.8 Å². The predicted octanol–water partition coefficient (Wildman–Crippen LogP) is 3.89. The summed E-state index contributed by atoms with van der Waals surface area (Å²) in [6.07, 6.45) is 3.24. The summed E-state index contributed by atoms with van der Waals surface area (Å²) >= 11 is 0. The van der Waals surface area contributed by atoms with E-state index in [1.54, 1.807) is 48.5 Å². The van der Waals surface area contributed by atoms with Crippen molar-refractivity contribution in [1.82, 2.24) is 10.2 Å². The maximum atomic E-state index is 12.7. The zero-order chi connectivity index (χ0) is 23.1. The summed E-state index contributed by atoms with van der Waals surface area (Å²) in [4.78, 5) is 39.1. The first kappa shape index (κ1) is 23.3. The highest BCUT2D eigenvalue weighted by Gasteiger charge is 2.18. The first-order chi connectivity index (χ1) is 15.2. The Kier molecular flexibility index (Phi) is 7.51. The average molecular weight is 437 g/mol. The molecule has 3 amide bonds. The van der Waals surface area contributed by atoms with Crippen LogP contribution in [0, 0.1) is 0 Å². The van der Waals surface area contributed by atoms with Crippen molar-refractivity contribution < 1.29 is 14.4 Å². The molecule has 7 heteroatoms. The highest BCUT2D eigenvalue weighted by Crippen LogP contribution is 2.17. The third-order valence-electron chi connectivity index (χ3n) is 5.13. The lowest BCUT2D eigenvalue weighted by Gasteiger charge is -2.26.